The molecule has 0 radical (unpaired) electrons. The largest absolute Gasteiger partial charge is 0.496 e. The number of hydrogen-bond acceptors (Lipinski definition) is 3. The molecule has 0 spiro atoms. The minimum atomic E-state index is -1.02. The van der Waals surface area contributed by atoms with E-state index < -0.39 is 5.97 Å². The van der Waals surface area contributed by atoms with Crippen LogP contribution in [-0.4, -0.2) is 42.6 Å². The summed E-state index contributed by atoms with van der Waals surface area (Å²) < 4.78 is 5.22. The van der Waals surface area contributed by atoms with Crippen molar-refractivity contribution in [2.45, 2.75) is 19.8 Å². The van der Waals surface area contributed by atoms with E-state index in [1.807, 2.05) is 25.1 Å². The Balaban J connectivity index is 2.85. The molecule has 0 unspecified atom stereocenters. The molecule has 0 aliphatic rings. The number of methoxy groups -OCH3 is 1. The van der Waals surface area contributed by atoms with E-state index in [2.05, 4.69) is 0 Å². The molecule has 0 heterocycles. The second-order valence-corrected chi connectivity index (χ2v) is 4.32. The molecule has 5 nitrogen and oxygen atoms in total. The van der Waals surface area contributed by atoms with Gasteiger partial charge < -0.3 is 14.7 Å². The summed E-state index contributed by atoms with van der Waals surface area (Å²) >= 11 is 0. The maximum absolute atomic E-state index is 11.9. The standard InChI is InChI=1S/C14H19NO4/c1-4-10-5-6-12(19-3)11(7-10)8-13(16)15(2)9-14(17)18/h5-7H,4,8-9H2,1-3H3,(H,17,18). The Morgan fingerprint density at radius 2 is 2.05 bits per heavy atom. The van der Waals surface area contributed by atoms with Crippen LogP contribution in [0, 0.1) is 0 Å². The van der Waals surface area contributed by atoms with Crippen molar-refractivity contribution >= 4 is 11.9 Å². The molecule has 104 valence electrons. The fourth-order valence-electron chi connectivity index (χ4n) is 1.78. The Hall–Kier alpha value is -2.04. The van der Waals surface area contributed by atoms with Crippen molar-refractivity contribution < 1.29 is 19.4 Å². The molecule has 5 heteroatoms. The first-order valence-corrected chi connectivity index (χ1v) is 6.09. The SMILES string of the molecule is CCc1ccc(OC)c(CC(=O)N(C)CC(=O)O)c1. The Labute approximate surface area is 112 Å². The van der Waals surface area contributed by atoms with Gasteiger partial charge in [0.15, 0.2) is 0 Å². The zero-order valence-corrected chi connectivity index (χ0v) is 11.5. The molecule has 19 heavy (non-hydrogen) atoms. The lowest BCUT2D eigenvalue weighted by Crippen LogP contribution is -2.33. The summed E-state index contributed by atoms with van der Waals surface area (Å²) in [4.78, 5) is 23.7. The zero-order valence-electron chi connectivity index (χ0n) is 11.5. The summed E-state index contributed by atoms with van der Waals surface area (Å²) in [5.41, 5.74) is 1.90. The number of carbonyl (C=O) groups excluding carboxylic acids is 1. The number of nitrogens with zero attached hydrogens (tertiary/aromatic N) is 1. The Morgan fingerprint density at radius 1 is 1.37 bits per heavy atom. The van der Waals surface area contributed by atoms with Gasteiger partial charge >= 0.3 is 5.97 Å². The van der Waals surface area contributed by atoms with E-state index in [4.69, 9.17) is 9.84 Å². The van der Waals surface area contributed by atoms with Crippen molar-refractivity contribution in [1.82, 2.24) is 4.90 Å². The molecule has 1 rings (SSSR count). The summed E-state index contributed by atoms with van der Waals surface area (Å²) in [6.07, 6.45) is 1.01. The minimum Gasteiger partial charge on any atom is -0.496 e. The van der Waals surface area contributed by atoms with Gasteiger partial charge in [-0.3, -0.25) is 9.59 Å². The third kappa shape index (κ3) is 4.28. The number of carbonyl (C=O) groups is 2. The Kier molecular flexibility index (Phi) is 5.36. The number of carboxylic acids is 1. The van der Waals surface area contributed by atoms with Crippen molar-refractivity contribution in [3.05, 3.63) is 29.3 Å². The van der Waals surface area contributed by atoms with Crippen molar-refractivity contribution in [1.29, 1.82) is 0 Å². The first kappa shape index (κ1) is 15.0. The number of aryl methyl sites for hydroxylation is 1. The lowest BCUT2D eigenvalue weighted by atomic mass is 10.0. The van der Waals surface area contributed by atoms with E-state index in [1.165, 1.54) is 11.9 Å². The highest BCUT2D eigenvalue weighted by atomic mass is 16.5. The molecule has 1 aromatic carbocycles. The molecule has 0 fully saturated rings. The minimum absolute atomic E-state index is 0.140. The highest BCUT2D eigenvalue weighted by molar-refractivity contribution is 5.83. The van der Waals surface area contributed by atoms with Crippen molar-refractivity contribution in [2.24, 2.45) is 0 Å². The molecule has 0 saturated carbocycles. The van der Waals surface area contributed by atoms with Crippen LogP contribution in [0.5, 0.6) is 5.75 Å². The fraction of sp³-hybridized carbons (Fsp3) is 0.429. The molecule has 0 bridgehead atoms. The third-order valence-corrected chi connectivity index (χ3v) is 2.89. The van der Waals surface area contributed by atoms with Gasteiger partial charge in [0.1, 0.15) is 12.3 Å². The smallest absolute Gasteiger partial charge is 0.323 e. The lowest BCUT2D eigenvalue weighted by Gasteiger charge is -2.16. The van der Waals surface area contributed by atoms with Crippen LogP contribution in [0.4, 0.5) is 0 Å². The highest BCUT2D eigenvalue weighted by Gasteiger charge is 2.15. The van der Waals surface area contributed by atoms with Crippen molar-refractivity contribution in [2.75, 3.05) is 20.7 Å². The van der Waals surface area contributed by atoms with E-state index in [0.29, 0.717) is 5.75 Å². The van der Waals surface area contributed by atoms with Crippen molar-refractivity contribution in [3.63, 3.8) is 0 Å². The predicted octanol–water partition coefficient (Wildman–Crippen LogP) is 1.34. The molecule has 0 saturated heterocycles. The fourth-order valence-corrected chi connectivity index (χ4v) is 1.78. The predicted molar refractivity (Wildman–Crippen MR) is 71.3 cm³/mol. The van der Waals surface area contributed by atoms with Gasteiger partial charge in [0.2, 0.25) is 5.91 Å². The van der Waals surface area contributed by atoms with Gasteiger partial charge in [0.25, 0.3) is 0 Å². The number of benzene rings is 1. The monoisotopic (exact) mass is 265 g/mol. The molecule has 1 amide bonds. The first-order chi connectivity index (χ1) is 8.97. The summed E-state index contributed by atoms with van der Waals surface area (Å²) in [6.45, 7) is 1.73. The third-order valence-electron chi connectivity index (χ3n) is 2.89. The zero-order chi connectivity index (χ0) is 14.4. The molecular formula is C14H19NO4. The topological polar surface area (TPSA) is 66.8 Å². The number of likely N-dealkylation sites (N-methyl/N-ethyl adjacent to an activating group) is 1. The van der Waals surface area contributed by atoms with Gasteiger partial charge in [-0.1, -0.05) is 19.1 Å². The van der Waals surface area contributed by atoms with Crippen LogP contribution in [0.25, 0.3) is 0 Å². The summed E-state index contributed by atoms with van der Waals surface area (Å²) in [6, 6.07) is 5.71. The highest BCUT2D eigenvalue weighted by Crippen LogP contribution is 2.21. The van der Waals surface area contributed by atoms with Gasteiger partial charge in [-0.2, -0.15) is 0 Å². The maximum atomic E-state index is 11.9. The van der Waals surface area contributed by atoms with Crippen LogP contribution in [-0.2, 0) is 22.4 Å². The first-order valence-electron chi connectivity index (χ1n) is 6.09. The van der Waals surface area contributed by atoms with E-state index in [1.54, 1.807) is 7.11 Å². The van der Waals surface area contributed by atoms with Gasteiger partial charge in [-0.15, -0.1) is 0 Å². The average Bonchev–Trinajstić information content (AvgIpc) is 2.37. The number of aliphatic carboxylic acids is 1. The molecule has 0 aromatic heterocycles. The molecule has 1 N–H and O–H groups in total. The van der Waals surface area contributed by atoms with E-state index in [0.717, 1.165) is 17.5 Å². The summed E-state index contributed by atoms with van der Waals surface area (Å²) in [5, 5.41) is 8.66. The summed E-state index contributed by atoms with van der Waals surface area (Å²) in [5.74, 6) is -0.617. The molecular weight excluding hydrogens is 246 g/mol. The van der Waals surface area contributed by atoms with Crippen molar-refractivity contribution in [3.8, 4) is 5.75 Å². The van der Waals surface area contributed by atoms with Gasteiger partial charge in [-0.25, -0.2) is 0 Å². The number of rotatable bonds is 6. The number of hydrogen-bond donors (Lipinski definition) is 1. The van der Waals surface area contributed by atoms with E-state index >= 15 is 0 Å². The normalized spacial score (nSPS) is 10.1. The van der Waals surface area contributed by atoms with Gasteiger partial charge in [0.05, 0.1) is 13.5 Å². The van der Waals surface area contributed by atoms with Crippen LogP contribution in [0.2, 0.25) is 0 Å². The summed E-state index contributed by atoms with van der Waals surface area (Å²) in [7, 11) is 3.03. The number of amides is 1. The second kappa shape index (κ2) is 6.78. The van der Waals surface area contributed by atoms with Crippen LogP contribution in [0.3, 0.4) is 0 Å². The van der Waals surface area contributed by atoms with Crippen LogP contribution in [0.1, 0.15) is 18.1 Å². The van der Waals surface area contributed by atoms with Crippen LogP contribution in [0.15, 0.2) is 18.2 Å². The maximum Gasteiger partial charge on any atom is 0.323 e. The van der Waals surface area contributed by atoms with Gasteiger partial charge in [0, 0.05) is 12.6 Å². The van der Waals surface area contributed by atoms with E-state index in [9.17, 15) is 9.59 Å². The van der Waals surface area contributed by atoms with Crippen LogP contribution < -0.4 is 4.74 Å². The van der Waals surface area contributed by atoms with Gasteiger partial charge in [-0.05, 0) is 18.1 Å². The van der Waals surface area contributed by atoms with Crippen LogP contribution >= 0.6 is 0 Å². The van der Waals surface area contributed by atoms with E-state index in [-0.39, 0.29) is 18.9 Å². The number of carboxylic acid groups (broad SMARTS) is 1. The lowest BCUT2D eigenvalue weighted by molar-refractivity contribution is -0.143. The Morgan fingerprint density at radius 3 is 2.58 bits per heavy atom. The molecule has 0 aliphatic heterocycles. The molecule has 0 aliphatic carbocycles. The number of ether oxygens (including phenoxy) is 1. The molecule has 1 aromatic rings. The quantitative estimate of drug-likeness (QED) is 0.843. The second-order valence-electron chi connectivity index (χ2n) is 4.32. The molecule has 0 atom stereocenters. The average molecular weight is 265 g/mol. The Bertz CT molecular complexity index is 471.